The molecule has 0 radical (unpaired) electrons. The Hall–Kier alpha value is -2.75. The molecule has 10 heteroatoms. The summed E-state index contributed by atoms with van der Waals surface area (Å²) in [5.41, 5.74) is 2.27. The SMILES string of the molecule is CC(=O)N1CCc2cc(S(=O)(=O)N(C)Cc3nc(-c4cccc(Cl)c4)no3)ccc21. The lowest BCUT2D eigenvalue weighted by molar-refractivity contribution is -0.116. The molecule has 1 aliphatic rings. The molecule has 1 amide bonds. The number of rotatable bonds is 5. The third-order valence-electron chi connectivity index (χ3n) is 4.94. The number of halogens is 1. The van der Waals surface area contributed by atoms with Crippen LogP contribution < -0.4 is 4.90 Å². The fourth-order valence-corrected chi connectivity index (χ4v) is 4.75. The molecule has 0 atom stereocenters. The van der Waals surface area contributed by atoms with E-state index >= 15 is 0 Å². The van der Waals surface area contributed by atoms with Crippen molar-refractivity contribution in [2.45, 2.75) is 24.8 Å². The van der Waals surface area contributed by atoms with Gasteiger partial charge in [0, 0.05) is 36.8 Å². The summed E-state index contributed by atoms with van der Waals surface area (Å²) in [5, 5.41) is 4.44. The third kappa shape index (κ3) is 3.83. The maximum absolute atomic E-state index is 13.0. The van der Waals surface area contributed by atoms with Crippen molar-refractivity contribution in [1.82, 2.24) is 14.4 Å². The van der Waals surface area contributed by atoms with E-state index in [1.807, 2.05) is 0 Å². The summed E-state index contributed by atoms with van der Waals surface area (Å²) in [6.45, 7) is 1.97. The van der Waals surface area contributed by atoms with Crippen molar-refractivity contribution in [3.05, 3.63) is 58.9 Å². The first kappa shape index (κ1) is 20.5. The number of carbonyl (C=O) groups excluding carboxylic acids is 1. The number of anilines is 1. The van der Waals surface area contributed by atoms with Gasteiger partial charge < -0.3 is 9.42 Å². The Labute approximate surface area is 179 Å². The van der Waals surface area contributed by atoms with E-state index in [0.29, 0.717) is 29.4 Å². The number of sulfonamides is 1. The molecule has 0 saturated heterocycles. The van der Waals surface area contributed by atoms with Crippen LogP contribution >= 0.6 is 11.6 Å². The molecular formula is C20H19ClN4O4S. The second-order valence-corrected chi connectivity index (χ2v) is 9.48. The molecule has 0 bridgehead atoms. The van der Waals surface area contributed by atoms with Crippen LogP contribution in [-0.2, 0) is 27.8 Å². The Balaban J connectivity index is 1.54. The van der Waals surface area contributed by atoms with Crippen molar-refractivity contribution in [3.63, 3.8) is 0 Å². The lowest BCUT2D eigenvalue weighted by atomic mass is 10.2. The van der Waals surface area contributed by atoms with Crippen LogP contribution in [-0.4, -0.2) is 42.4 Å². The van der Waals surface area contributed by atoms with Crippen LogP contribution in [0.4, 0.5) is 5.69 Å². The molecule has 2 aromatic carbocycles. The average Bonchev–Trinajstić information content (AvgIpc) is 3.34. The third-order valence-corrected chi connectivity index (χ3v) is 6.98. The van der Waals surface area contributed by atoms with Gasteiger partial charge in [0.15, 0.2) is 0 Å². The molecule has 0 fully saturated rings. The minimum Gasteiger partial charge on any atom is -0.338 e. The molecule has 0 N–H and O–H groups in total. The van der Waals surface area contributed by atoms with Gasteiger partial charge >= 0.3 is 0 Å². The highest BCUT2D eigenvalue weighted by Gasteiger charge is 2.27. The maximum atomic E-state index is 13.0. The number of hydrogen-bond donors (Lipinski definition) is 0. The predicted molar refractivity (Wildman–Crippen MR) is 112 cm³/mol. The van der Waals surface area contributed by atoms with Crippen LogP contribution in [0.25, 0.3) is 11.4 Å². The molecule has 1 aromatic heterocycles. The highest BCUT2D eigenvalue weighted by molar-refractivity contribution is 7.89. The van der Waals surface area contributed by atoms with E-state index in [-0.39, 0.29) is 23.2 Å². The van der Waals surface area contributed by atoms with Gasteiger partial charge in [0.05, 0.1) is 11.4 Å². The zero-order valence-electron chi connectivity index (χ0n) is 16.4. The molecule has 0 unspecified atom stereocenters. The molecule has 1 aliphatic heterocycles. The molecule has 2 heterocycles. The van der Waals surface area contributed by atoms with E-state index in [1.165, 1.54) is 20.0 Å². The Morgan fingerprint density at radius 1 is 1.27 bits per heavy atom. The molecular weight excluding hydrogens is 428 g/mol. The summed E-state index contributed by atoms with van der Waals surface area (Å²) >= 11 is 5.98. The number of carbonyl (C=O) groups is 1. The van der Waals surface area contributed by atoms with Crippen LogP contribution in [0.2, 0.25) is 5.02 Å². The van der Waals surface area contributed by atoms with Gasteiger partial charge in [-0.3, -0.25) is 4.79 Å². The van der Waals surface area contributed by atoms with E-state index in [0.717, 1.165) is 15.6 Å². The number of benzene rings is 2. The summed E-state index contributed by atoms with van der Waals surface area (Å²) in [6, 6.07) is 11.8. The molecule has 8 nitrogen and oxygen atoms in total. The monoisotopic (exact) mass is 446 g/mol. The summed E-state index contributed by atoms with van der Waals surface area (Å²) in [4.78, 5) is 17.8. The topological polar surface area (TPSA) is 96.6 Å². The predicted octanol–water partition coefficient (Wildman–Crippen LogP) is 3.12. The summed E-state index contributed by atoms with van der Waals surface area (Å²) in [7, 11) is -2.33. The fraction of sp³-hybridized carbons (Fsp3) is 0.250. The van der Waals surface area contributed by atoms with Crippen molar-refractivity contribution >= 4 is 33.2 Å². The second-order valence-electron chi connectivity index (χ2n) is 6.99. The smallest absolute Gasteiger partial charge is 0.243 e. The largest absolute Gasteiger partial charge is 0.338 e. The van der Waals surface area contributed by atoms with Gasteiger partial charge in [0.1, 0.15) is 0 Å². The van der Waals surface area contributed by atoms with Crippen molar-refractivity contribution in [1.29, 1.82) is 0 Å². The molecule has 3 aromatic rings. The number of hydrogen-bond acceptors (Lipinski definition) is 6. The quantitative estimate of drug-likeness (QED) is 0.597. The highest BCUT2D eigenvalue weighted by Crippen LogP contribution is 2.31. The number of aromatic nitrogens is 2. The minimum atomic E-state index is -3.78. The fourth-order valence-electron chi connectivity index (χ4n) is 3.38. The molecule has 4 rings (SSSR count). The van der Waals surface area contributed by atoms with Gasteiger partial charge in [-0.15, -0.1) is 0 Å². The zero-order chi connectivity index (χ0) is 21.5. The highest BCUT2D eigenvalue weighted by atomic mass is 35.5. The minimum absolute atomic E-state index is 0.0617. The maximum Gasteiger partial charge on any atom is 0.243 e. The van der Waals surface area contributed by atoms with Crippen LogP contribution in [0.15, 0.2) is 51.9 Å². The van der Waals surface area contributed by atoms with E-state index in [1.54, 1.807) is 41.3 Å². The van der Waals surface area contributed by atoms with Gasteiger partial charge in [-0.1, -0.05) is 28.9 Å². The van der Waals surface area contributed by atoms with Crippen molar-refractivity contribution in [3.8, 4) is 11.4 Å². The number of nitrogens with zero attached hydrogens (tertiary/aromatic N) is 4. The van der Waals surface area contributed by atoms with E-state index in [4.69, 9.17) is 16.1 Å². The van der Waals surface area contributed by atoms with Crippen molar-refractivity contribution < 1.29 is 17.7 Å². The van der Waals surface area contributed by atoms with Gasteiger partial charge in [-0.25, -0.2) is 8.42 Å². The lowest BCUT2D eigenvalue weighted by Crippen LogP contribution is -2.27. The van der Waals surface area contributed by atoms with Gasteiger partial charge in [0.25, 0.3) is 0 Å². The van der Waals surface area contributed by atoms with Crippen molar-refractivity contribution in [2.75, 3.05) is 18.5 Å². The van der Waals surface area contributed by atoms with Crippen LogP contribution in [0.5, 0.6) is 0 Å². The van der Waals surface area contributed by atoms with Crippen LogP contribution in [0.3, 0.4) is 0 Å². The first-order chi connectivity index (χ1) is 14.3. The second kappa shape index (κ2) is 7.82. The van der Waals surface area contributed by atoms with Crippen LogP contribution in [0.1, 0.15) is 18.4 Å². The molecule has 0 saturated carbocycles. The number of amides is 1. The van der Waals surface area contributed by atoms with E-state index in [2.05, 4.69) is 10.1 Å². The molecule has 0 spiro atoms. The van der Waals surface area contributed by atoms with E-state index < -0.39 is 10.0 Å². The summed E-state index contributed by atoms with van der Waals surface area (Å²) in [6.07, 6.45) is 0.620. The Morgan fingerprint density at radius 3 is 2.80 bits per heavy atom. The van der Waals surface area contributed by atoms with Crippen molar-refractivity contribution in [2.24, 2.45) is 0 Å². The standard InChI is InChI=1S/C20H19ClN4O4S/c1-13(26)25-9-8-14-11-17(6-7-18(14)25)30(27,28)24(2)12-19-22-20(23-29-19)15-4-3-5-16(21)10-15/h3-7,10-11H,8-9,12H2,1-2H3. The Bertz CT molecular complexity index is 1230. The first-order valence-corrected chi connectivity index (χ1v) is 11.0. The lowest BCUT2D eigenvalue weighted by Gasteiger charge is -2.17. The zero-order valence-corrected chi connectivity index (χ0v) is 17.9. The Kier molecular flexibility index (Phi) is 5.35. The average molecular weight is 447 g/mol. The molecule has 0 aliphatic carbocycles. The van der Waals surface area contributed by atoms with Gasteiger partial charge in [-0.05, 0) is 42.3 Å². The first-order valence-electron chi connectivity index (χ1n) is 9.21. The number of fused-ring (bicyclic) bond motifs is 1. The van der Waals surface area contributed by atoms with E-state index in [9.17, 15) is 13.2 Å². The normalized spacial score (nSPS) is 13.7. The molecule has 30 heavy (non-hydrogen) atoms. The Morgan fingerprint density at radius 2 is 2.07 bits per heavy atom. The summed E-state index contributed by atoms with van der Waals surface area (Å²) in [5.74, 6) is 0.438. The van der Waals surface area contributed by atoms with Gasteiger partial charge in [0.2, 0.25) is 27.6 Å². The van der Waals surface area contributed by atoms with Crippen LogP contribution in [0, 0.1) is 0 Å². The summed E-state index contributed by atoms with van der Waals surface area (Å²) < 4.78 is 32.4. The van der Waals surface area contributed by atoms with Gasteiger partial charge in [-0.2, -0.15) is 9.29 Å². The molecule has 156 valence electrons.